The van der Waals surface area contributed by atoms with Gasteiger partial charge in [-0.3, -0.25) is 4.98 Å². The number of nitrogens with zero attached hydrogens (tertiary/aromatic N) is 3. The highest BCUT2D eigenvalue weighted by atomic mass is 15.0. The van der Waals surface area contributed by atoms with Gasteiger partial charge in [0.15, 0.2) is 0 Å². The molecule has 0 aliphatic heterocycles. The third-order valence-corrected chi connectivity index (χ3v) is 1.61. The Bertz CT molecular complexity index is 327. The number of nitrogens with one attached hydrogen (secondary N) is 1. The molecule has 0 amide bonds. The van der Waals surface area contributed by atoms with Crippen molar-refractivity contribution in [3.8, 4) is 6.07 Å². The van der Waals surface area contributed by atoms with Gasteiger partial charge >= 0.3 is 0 Å². The summed E-state index contributed by atoms with van der Waals surface area (Å²) in [5.74, 6) is 0.773. The standard InChI is InChI=1S/C9H12N4/c1-7-6-12-8(2)9(13-7)11-5-3-4-10/h6H,3,5H2,1-2H3,(H,11,13). The van der Waals surface area contributed by atoms with Crippen LogP contribution in [-0.4, -0.2) is 16.5 Å². The molecule has 1 N–H and O–H groups in total. The predicted molar refractivity (Wildman–Crippen MR) is 50.2 cm³/mol. The van der Waals surface area contributed by atoms with Crippen LogP contribution in [0.1, 0.15) is 17.8 Å². The van der Waals surface area contributed by atoms with Gasteiger partial charge < -0.3 is 5.32 Å². The molecule has 0 saturated heterocycles. The largest absolute Gasteiger partial charge is 0.368 e. The lowest BCUT2D eigenvalue weighted by atomic mass is 10.4. The molecule has 0 fully saturated rings. The van der Waals surface area contributed by atoms with Gasteiger partial charge in [-0.05, 0) is 13.8 Å². The van der Waals surface area contributed by atoms with E-state index in [1.54, 1.807) is 6.20 Å². The van der Waals surface area contributed by atoms with Crippen LogP contribution >= 0.6 is 0 Å². The molecule has 0 bridgehead atoms. The van der Waals surface area contributed by atoms with Crippen molar-refractivity contribution in [2.45, 2.75) is 20.3 Å². The van der Waals surface area contributed by atoms with Gasteiger partial charge in [-0.2, -0.15) is 5.26 Å². The van der Waals surface area contributed by atoms with E-state index in [-0.39, 0.29) is 0 Å². The minimum Gasteiger partial charge on any atom is -0.368 e. The van der Waals surface area contributed by atoms with Crippen molar-refractivity contribution < 1.29 is 0 Å². The van der Waals surface area contributed by atoms with E-state index in [1.165, 1.54) is 0 Å². The lowest BCUT2D eigenvalue weighted by Crippen LogP contribution is -2.06. The smallest absolute Gasteiger partial charge is 0.147 e. The van der Waals surface area contributed by atoms with Crippen molar-refractivity contribution in [1.29, 1.82) is 5.26 Å². The Morgan fingerprint density at radius 3 is 3.00 bits per heavy atom. The second-order valence-corrected chi connectivity index (χ2v) is 2.78. The van der Waals surface area contributed by atoms with Gasteiger partial charge in [0.25, 0.3) is 0 Å². The molecule has 0 aromatic carbocycles. The van der Waals surface area contributed by atoms with E-state index < -0.39 is 0 Å². The zero-order valence-electron chi connectivity index (χ0n) is 7.83. The molecule has 68 valence electrons. The van der Waals surface area contributed by atoms with Crippen molar-refractivity contribution in [2.24, 2.45) is 0 Å². The first-order chi connectivity index (χ1) is 6.24. The van der Waals surface area contributed by atoms with Crippen LogP contribution in [0.15, 0.2) is 6.20 Å². The fraction of sp³-hybridized carbons (Fsp3) is 0.444. The van der Waals surface area contributed by atoms with Gasteiger partial charge in [0.2, 0.25) is 0 Å². The summed E-state index contributed by atoms with van der Waals surface area (Å²) in [6, 6.07) is 2.06. The average Bonchev–Trinajstić information content (AvgIpc) is 2.11. The van der Waals surface area contributed by atoms with Crippen molar-refractivity contribution in [3.63, 3.8) is 0 Å². The van der Waals surface area contributed by atoms with Crippen LogP contribution in [0, 0.1) is 25.2 Å². The SMILES string of the molecule is Cc1cnc(C)c(NCCC#N)n1. The summed E-state index contributed by atoms with van der Waals surface area (Å²) in [4.78, 5) is 8.41. The predicted octanol–water partition coefficient (Wildman–Crippen LogP) is 1.42. The fourth-order valence-electron chi connectivity index (χ4n) is 0.942. The van der Waals surface area contributed by atoms with Crippen molar-refractivity contribution in [1.82, 2.24) is 9.97 Å². The summed E-state index contributed by atoms with van der Waals surface area (Å²) < 4.78 is 0. The first kappa shape index (κ1) is 9.46. The van der Waals surface area contributed by atoms with Crippen molar-refractivity contribution in [2.75, 3.05) is 11.9 Å². The Balaban J connectivity index is 2.65. The highest BCUT2D eigenvalue weighted by Crippen LogP contribution is 2.07. The quantitative estimate of drug-likeness (QED) is 0.707. The first-order valence-corrected chi connectivity index (χ1v) is 4.15. The Kier molecular flexibility index (Phi) is 3.21. The van der Waals surface area contributed by atoms with Gasteiger partial charge in [0.05, 0.1) is 23.9 Å². The van der Waals surface area contributed by atoms with Crippen molar-refractivity contribution >= 4 is 5.82 Å². The van der Waals surface area contributed by atoms with E-state index in [1.807, 2.05) is 13.8 Å². The molecule has 1 aromatic heterocycles. The maximum Gasteiger partial charge on any atom is 0.147 e. The molecule has 0 aliphatic carbocycles. The molecule has 13 heavy (non-hydrogen) atoms. The molecule has 4 nitrogen and oxygen atoms in total. The van der Waals surface area contributed by atoms with E-state index in [4.69, 9.17) is 5.26 Å². The number of rotatable bonds is 3. The third-order valence-electron chi connectivity index (χ3n) is 1.61. The molecule has 0 unspecified atom stereocenters. The summed E-state index contributed by atoms with van der Waals surface area (Å²) >= 11 is 0. The van der Waals surface area contributed by atoms with Crippen LogP contribution in [0.25, 0.3) is 0 Å². The van der Waals surface area contributed by atoms with Crippen LogP contribution in [-0.2, 0) is 0 Å². The minimum absolute atomic E-state index is 0.481. The Morgan fingerprint density at radius 2 is 2.31 bits per heavy atom. The molecular weight excluding hydrogens is 164 g/mol. The monoisotopic (exact) mass is 176 g/mol. The lowest BCUT2D eigenvalue weighted by molar-refractivity contribution is 1.00. The summed E-state index contributed by atoms with van der Waals surface area (Å²) in [6.07, 6.45) is 2.21. The fourth-order valence-corrected chi connectivity index (χ4v) is 0.942. The maximum atomic E-state index is 8.34. The number of nitriles is 1. The van der Waals surface area contributed by atoms with E-state index in [9.17, 15) is 0 Å². The number of hydrogen-bond donors (Lipinski definition) is 1. The van der Waals surface area contributed by atoms with Crippen LogP contribution in [0.3, 0.4) is 0 Å². The molecule has 0 aliphatic rings. The minimum atomic E-state index is 0.481. The Morgan fingerprint density at radius 1 is 1.54 bits per heavy atom. The third kappa shape index (κ3) is 2.71. The molecule has 4 heteroatoms. The number of aryl methyl sites for hydroxylation is 2. The number of anilines is 1. The molecule has 1 heterocycles. The van der Waals surface area contributed by atoms with Gasteiger partial charge in [0, 0.05) is 12.7 Å². The normalized spacial score (nSPS) is 9.31. The second kappa shape index (κ2) is 4.41. The molecule has 0 atom stereocenters. The van der Waals surface area contributed by atoms with Crippen molar-refractivity contribution in [3.05, 3.63) is 17.6 Å². The average molecular weight is 176 g/mol. The molecule has 1 rings (SSSR count). The first-order valence-electron chi connectivity index (χ1n) is 4.15. The molecule has 0 saturated carbocycles. The topological polar surface area (TPSA) is 61.6 Å². The van der Waals surface area contributed by atoms with Gasteiger partial charge in [0.1, 0.15) is 5.82 Å². The van der Waals surface area contributed by atoms with E-state index >= 15 is 0 Å². The van der Waals surface area contributed by atoms with Gasteiger partial charge in [-0.25, -0.2) is 4.98 Å². The van der Waals surface area contributed by atoms with E-state index in [0.717, 1.165) is 17.2 Å². The molecule has 1 aromatic rings. The zero-order valence-corrected chi connectivity index (χ0v) is 7.83. The van der Waals surface area contributed by atoms with Crippen LogP contribution in [0.5, 0.6) is 0 Å². The van der Waals surface area contributed by atoms with Crippen LogP contribution < -0.4 is 5.32 Å². The Hall–Kier alpha value is -1.63. The number of aromatic nitrogens is 2. The van der Waals surface area contributed by atoms with E-state index in [0.29, 0.717) is 13.0 Å². The number of hydrogen-bond acceptors (Lipinski definition) is 4. The molecule has 0 spiro atoms. The van der Waals surface area contributed by atoms with Gasteiger partial charge in [-0.15, -0.1) is 0 Å². The van der Waals surface area contributed by atoms with Crippen LogP contribution in [0.2, 0.25) is 0 Å². The molecule has 0 radical (unpaired) electrons. The van der Waals surface area contributed by atoms with Crippen LogP contribution in [0.4, 0.5) is 5.82 Å². The van der Waals surface area contributed by atoms with E-state index in [2.05, 4.69) is 21.4 Å². The summed E-state index contributed by atoms with van der Waals surface area (Å²) in [6.45, 7) is 4.40. The highest BCUT2D eigenvalue weighted by Gasteiger charge is 1.99. The maximum absolute atomic E-state index is 8.34. The lowest BCUT2D eigenvalue weighted by Gasteiger charge is -2.05. The molecular formula is C9H12N4. The van der Waals surface area contributed by atoms with Gasteiger partial charge in [-0.1, -0.05) is 0 Å². The highest BCUT2D eigenvalue weighted by molar-refractivity contribution is 5.39. The second-order valence-electron chi connectivity index (χ2n) is 2.78. The zero-order chi connectivity index (χ0) is 9.68. The summed E-state index contributed by atoms with van der Waals surface area (Å²) in [5, 5.41) is 11.4. The summed E-state index contributed by atoms with van der Waals surface area (Å²) in [7, 11) is 0. The Labute approximate surface area is 77.6 Å². The summed E-state index contributed by atoms with van der Waals surface area (Å²) in [5.41, 5.74) is 1.74.